The maximum atomic E-state index is 12.9. The van der Waals surface area contributed by atoms with Gasteiger partial charge in [-0.3, -0.25) is 0 Å². The highest BCUT2D eigenvalue weighted by Crippen LogP contribution is 2.54. The van der Waals surface area contributed by atoms with Crippen molar-refractivity contribution in [2.75, 3.05) is 0 Å². The first-order valence-electron chi connectivity index (χ1n) is 6.86. The summed E-state index contributed by atoms with van der Waals surface area (Å²) >= 11 is 16.8. The molecule has 0 unspecified atom stereocenters. The number of hydrogen-bond donors (Lipinski definition) is 1. The van der Waals surface area contributed by atoms with Gasteiger partial charge in [-0.05, 0) is 42.0 Å². The molecule has 0 radical (unpaired) electrons. The Hall–Kier alpha value is -1.14. The van der Waals surface area contributed by atoms with Gasteiger partial charge in [0, 0.05) is 21.9 Å². The second-order valence-corrected chi connectivity index (χ2v) is 8.92. The lowest BCUT2D eigenvalue weighted by Crippen LogP contribution is -2.17. The minimum absolute atomic E-state index is 0.215. The zero-order valence-corrected chi connectivity index (χ0v) is 15.0. The van der Waals surface area contributed by atoms with E-state index in [0.29, 0.717) is 10.0 Å². The van der Waals surface area contributed by atoms with Crippen molar-refractivity contribution in [2.45, 2.75) is 16.1 Å². The Balaban J connectivity index is 1.98. The summed E-state index contributed by atoms with van der Waals surface area (Å²) in [6, 6.07) is 13.2. The summed E-state index contributed by atoms with van der Waals surface area (Å²) in [6.45, 7) is 0. The number of hydrogen-bond acceptors (Lipinski definition) is 3. The topological polar surface area (TPSA) is 60.2 Å². The van der Waals surface area contributed by atoms with Gasteiger partial charge < -0.3 is 5.73 Å². The molecular weight excluding hydrogens is 373 g/mol. The predicted molar refractivity (Wildman–Crippen MR) is 96.9 cm³/mol. The molecule has 2 aromatic carbocycles. The Morgan fingerprint density at radius 3 is 1.91 bits per heavy atom. The van der Waals surface area contributed by atoms with Gasteiger partial charge in [0.15, 0.2) is 9.84 Å². The Bertz CT molecular complexity index is 849. The minimum Gasteiger partial charge on any atom is -0.393 e. The van der Waals surface area contributed by atoms with Gasteiger partial charge in [0.2, 0.25) is 0 Å². The average Bonchev–Trinajstić information content (AvgIpc) is 3.25. The van der Waals surface area contributed by atoms with Gasteiger partial charge >= 0.3 is 0 Å². The SMILES string of the molecule is NC(=S)[C@@H]1[C@@H](c2ccc(Cl)cc2)[C@H]1S(=O)(=O)c1ccc(Cl)cc1. The van der Waals surface area contributed by atoms with Gasteiger partial charge in [-0.1, -0.05) is 47.6 Å². The molecule has 0 bridgehead atoms. The van der Waals surface area contributed by atoms with E-state index in [1.807, 2.05) is 12.1 Å². The van der Waals surface area contributed by atoms with Gasteiger partial charge in [-0.15, -0.1) is 0 Å². The zero-order chi connectivity index (χ0) is 16.8. The van der Waals surface area contributed by atoms with Gasteiger partial charge in [0.25, 0.3) is 0 Å². The monoisotopic (exact) mass is 385 g/mol. The summed E-state index contributed by atoms with van der Waals surface area (Å²) in [6.07, 6.45) is 0. The van der Waals surface area contributed by atoms with E-state index in [1.165, 1.54) is 12.1 Å². The van der Waals surface area contributed by atoms with Gasteiger partial charge in [-0.2, -0.15) is 0 Å². The van der Waals surface area contributed by atoms with Crippen molar-refractivity contribution >= 4 is 50.2 Å². The van der Waals surface area contributed by atoms with Crippen LogP contribution in [0, 0.1) is 5.92 Å². The van der Waals surface area contributed by atoms with Crippen molar-refractivity contribution in [2.24, 2.45) is 11.7 Å². The summed E-state index contributed by atoms with van der Waals surface area (Å²) in [5.74, 6) is -0.614. The molecule has 3 nitrogen and oxygen atoms in total. The van der Waals surface area contributed by atoms with Crippen LogP contribution >= 0.6 is 35.4 Å². The summed E-state index contributed by atoms with van der Waals surface area (Å²) in [5.41, 5.74) is 6.63. The fourth-order valence-electron chi connectivity index (χ4n) is 2.87. The third-order valence-corrected chi connectivity index (χ3v) is 7.05. The Labute approximate surface area is 150 Å². The van der Waals surface area contributed by atoms with Crippen LogP contribution in [0.3, 0.4) is 0 Å². The van der Waals surface area contributed by atoms with Crippen molar-refractivity contribution in [3.05, 3.63) is 64.1 Å². The van der Waals surface area contributed by atoms with Crippen molar-refractivity contribution in [3.63, 3.8) is 0 Å². The number of halogens is 2. The molecule has 0 saturated heterocycles. The number of thiocarbonyl (C=S) groups is 1. The van der Waals surface area contributed by atoms with Crippen molar-refractivity contribution < 1.29 is 8.42 Å². The maximum Gasteiger partial charge on any atom is 0.182 e. The smallest absolute Gasteiger partial charge is 0.182 e. The second kappa shape index (κ2) is 6.06. The van der Waals surface area contributed by atoms with Crippen LogP contribution in [0.5, 0.6) is 0 Å². The molecule has 0 spiro atoms. The standard InChI is InChI=1S/C16H13Cl2NO2S2/c17-10-3-1-9(2-4-10)13-14(16(19)22)15(13)23(20,21)12-7-5-11(18)6-8-12/h1-8,13-15H,(H2,19,22)/t13-,14-,15-/m1/s1. The van der Waals surface area contributed by atoms with Crippen LogP contribution < -0.4 is 5.73 Å². The van der Waals surface area contributed by atoms with E-state index in [2.05, 4.69) is 0 Å². The van der Waals surface area contributed by atoms with E-state index in [1.54, 1.807) is 24.3 Å². The fraction of sp³-hybridized carbons (Fsp3) is 0.188. The van der Waals surface area contributed by atoms with Crippen LogP contribution in [0.2, 0.25) is 10.0 Å². The third-order valence-electron chi connectivity index (χ3n) is 4.04. The molecule has 120 valence electrons. The number of rotatable bonds is 4. The third kappa shape index (κ3) is 3.11. The van der Waals surface area contributed by atoms with Crippen LogP contribution in [0.15, 0.2) is 53.4 Å². The maximum absolute atomic E-state index is 12.9. The average molecular weight is 386 g/mol. The van der Waals surface area contributed by atoms with Crippen LogP contribution in [-0.4, -0.2) is 18.7 Å². The second-order valence-electron chi connectivity index (χ2n) is 5.47. The molecule has 0 aromatic heterocycles. The van der Waals surface area contributed by atoms with E-state index >= 15 is 0 Å². The molecule has 1 fully saturated rings. The predicted octanol–water partition coefficient (Wildman–Crippen LogP) is 3.84. The molecule has 1 saturated carbocycles. The minimum atomic E-state index is -3.54. The van der Waals surface area contributed by atoms with Crippen molar-refractivity contribution in [1.82, 2.24) is 0 Å². The van der Waals surface area contributed by atoms with E-state index in [4.69, 9.17) is 41.2 Å². The molecule has 2 aromatic rings. The van der Waals surface area contributed by atoms with E-state index in [0.717, 1.165) is 5.56 Å². The molecule has 1 aliphatic carbocycles. The zero-order valence-electron chi connectivity index (χ0n) is 11.8. The van der Waals surface area contributed by atoms with Crippen LogP contribution in [-0.2, 0) is 9.84 Å². The molecular formula is C16H13Cl2NO2S2. The van der Waals surface area contributed by atoms with Crippen LogP contribution in [0.25, 0.3) is 0 Å². The highest BCUT2D eigenvalue weighted by atomic mass is 35.5. The van der Waals surface area contributed by atoms with Crippen LogP contribution in [0.4, 0.5) is 0 Å². The lowest BCUT2D eigenvalue weighted by molar-refractivity contribution is 0.593. The molecule has 3 atom stereocenters. The van der Waals surface area contributed by atoms with Gasteiger partial charge in [0.1, 0.15) is 0 Å². The van der Waals surface area contributed by atoms with Gasteiger partial charge in [-0.25, -0.2) is 8.42 Å². The Morgan fingerprint density at radius 1 is 0.957 bits per heavy atom. The lowest BCUT2D eigenvalue weighted by atomic mass is 10.1. The molecule has 1 aliphatic rings. The lowest BCUT2D eigenvalue weighted by Gasteiger charge is -2.04. The number of sulfone groups is 1. The van der Waals surface area contributed by atoms with E-state index in [-0.39, 0.29) is 21.7 Å². The number of benzene rings is 2. The Morgan fingerprint density at radius 2 is 1.43 bits per heavy atom. The quantitative estimate of drug-likeness (QED) is 0.812. The molecule has 23 heavy (non-hydrogen) atoms. The van der Waals surface area contributed by atoms with Gasteiger partial charge in [0.05, 0.1) is 15.1 Å². The summed E-state index contributed by atoms with van der Waals surface area (Å²) < 4.78 is 25.8. The highest BCUT2D eigenvalue weighted by molar-refractivity contribution is 7.92. The molecule has 2 N–H and O–H groups in total. The molecule has 0 amide bonds. The first-order valence-corrected chi connectivity index (χ1v) is 9.57. The molecule has 0 aliphatic heterocycles. The Kier molecular flexibility index (Phi) is 4.40. The van der Waals surface area contributed by atoms with Crippen molar-refractivity contribution in [3.8, 4) is 0 Å². The molecule has 3 rings (SSSR count). The summed E-state index contributed by atoms with van der Waals surface area (Å²) in [4.78, 5) is 0.442. The first-order chi connectivity index (χ1) is 10.8. The first kappa shape index (κ1) is 16.7. The van der Waals surface area contributed by atoms with Crippen molar-refractivity contribution in [1.29, 1.82) is 0 Å². The fourth-order valence-corrected chi connectivity index (χ4v) is 5.66. The summed E-state index contributed by atoms with van der Waals surface area (Å²) in [5, 5.41) is 0.431. The van der Waals surface area contributed by atoms with E-state index in [9.17, 15) is 8.42 Å². The van der Waals surface area contributed by atoms with Crippen LogP contribution in [0.1, 0.15) is 11.5 Å². The highest BCUT2D eigenvalue weighted by Gasteiger charge is 2.60. The molecule has 7 heteroatoms. The normalized spacial score (nSPS) is 23.5. The molecule has 0 heterocycles. The largest absolute Gasteiger partial charge is 0.393 e. The number of nitrogens with two attached hydrogens (primary N) is 1. The van der Waals surface area contributed by atoms with E-state index < -0.39 is 15.1 Å². The summed E-state index contributed by atoms with van der Waals surface area (Å²) in [7, 11) is -3.54.